The lowest BCUT2D eigenvalue weighted by atomic mass is 10.1. The number of carbonyl (C=O) groups is 1. The summed E-state index contributed by atoms with van der Waals surface area (Å²) in [6, 6.07) is 10.0. The van der Waals surface area contributed by atoms with Gasteiger partial charge in [-0.25, -0.2) is 4.98 Å². The number of carbonyl (C=O) groups excluding carboxylic acids is 1. The second kappa shape index (κ2) is 6.61. The summed E-state index contributed by atoms with van der Waals surface area (Å²) in [5.41, 5.74) is 5.11. The van der Waals surface area contributed by atoms with Crippen molar-refractivity contribution in [1.29, 1.82) is 0 Å². The van der Waals surface area contributed by atoms with E-state index in [9.17, 15) is 4.79 Å². The Bertz CT molecular complexity index is 915. The van der Waals surface area contributed by atoms with Crippen LogP contribution in [0.3, 0.4) is 0 Å². The van der Waals surface area contributed by atoms with Crippen LogP contribution in [0.4, 0.5) is 5.69 Å². The predicted molar refractivity (Wildman–Crippen MR) is 98.9 cm³/mol. The van der Waals surface area contributed by atoms with Crippen LogP contribution in [0.25, 0.3) is 10.2 Å². The molecule has 0 aliphatic rings. The van der Waals surface area contributed by atoms with E-state index in [1.807, 2.05) is 32.0 Å². The maximum absolute atomic E-state index is 11.2. The molecule has 0 unspecified atom stereocenters. The lowest BCUT2D eigenvalue weighted by Gasteiger charge is -2.14. The number of hydrogen-bond donors (Lipinski definition) is 1. The minimum Gasteiger partial charge on any atom is -0.486 e. The number of nitrogens with zero attached hydrogens (tertiary/aromatic N) is 1. The van der Waals surface area contributed by atoms with Crippen LogP contribution in [0.15, 0.2) is 30.3 Å². The smallest absolute Gasteiger partial charge is 0.221 e. The highest BCUT2D eigenvalue weighted by Gasteiger charge is 2.10. The monoisotopic (exact) mass is 340 g/mol. The number of rotatable bonds is 4. The van der Waals surface area contributed by atoms with Crippen molar-refractivity contribution in [3.05, 3.63) is 52.0 Å². The van der Waals surface area contributed by atoms with Gasteiger partial charge in [0.2, 0.25) is 5.91 Å². The van der Waals surface area contributed by atoms with Crippen LogP contribution in [-0.2, 0) is 11.4 Å². The molecule has 0 fully saturated rings. The van der Waals surface area contributed by atoms with E-state index in [-0.39, 0.29) is 5.91 Å². The Hall–Kier alpha value is -2.40. The highest BCUT2D eigenvalue weighted by atomic mass is 32.1. The van der Waals surface area contributed by atoms with Gasteiger partial charge < -0.3 is 10.1 Å². The van der Waals surface area contributed by atoms with Gasteiger partial charge >= 0.3 is 0 Å². The molecule has 0 radical (unpaired) electrons. The Morgan fingerprint density at radius 2 is 1.96 bits per heavy atom. The number of anilines is 1. The molecule has 0 aliphatic heterocycles. The van der Waals surface area contributed by atoms with E-state index in [1.54, 1.807) is 11.3 Å². The second-order valence-corrected chi connectivity index (χ2v) is 7.03. The van der Waals surface area contributed by atoms with Gasteiger partial charge in [0.15, 0.2) is 0 Å². The second-order valence-electron chi connectivity index (χ2n) is 5.91. The van der Waals surface area contributed by atoms with Crippen LogP contribution in [0.5, 0.6) is 5.75 Å². The molecule has 3 aromatic rings. The first-order chi connectivity index (χ1) is 11.4. The number of thiazole rings is 1. The minimum absolute atomic E-state index is 0.0732. The number of fused-ring (bicyclic) bond motifs is 1. The van der Waals surface area contributed by atoms with Gasteiger partial charge in [-0.1, -0.05) is 6.07 Å². The van der Waals surface area contributed by atoms with Crippen LogP contribution in [0.1, 0.15) is 28.6 Å². The molecule has 5 heteroatoms. The number of aryl methyl sites for hydroxylation is 1. The number of benzene rings is 2. The first kappa shape index (κ1) is 16.5. The first-order valence-electron chi connectivity index (χ1n) is 7.80. The maximum atomic E-state index is 11.2. The summed E-state index contributed by atoms with van der Waals surface area (Å²) >= 11 is 1.66. The Balaban J connectivity index is 1.78. The molecule has 1 aromatic heterocycles. The fourth-order valence-corrected chi connectivity index (χ4v) is 3.54. The summed E-state index contributed by atoms with van der Waals surface area (Å²) in [6.07, 6.45) is 0. The van der Waals surface area contributed by atoms with Gasteiger partial charge in [0.25, 0.3) is 0 Å². The molecule has 124 valence electrons. The summed E-state index contributed by atoms with van der Waals surface area (Å²) in [5.74, 6) is 0.743. The SMILES string of the molecule is CC(=O)Nc1ccc(OCc2nc3ccc(C)cc3s2)c(C)c1C. The predicted octanol–water partition coefficient (Wildman–Crippen LogP) is 4.76. The Labute approximate surface area is 145 Å². The molecule has 2 aromatic carbocycles. The zero-order valence-electron chi connectivity index (χ0n) is 14.3. The molecule has 1 heterocycles. The molecular formula is C19H20N2O2S. The molecule has 0 aliphatic carbocycles. The molecule has 4 nitrogen and oxygen atoms in total. The Kier molecular flexibility index (Phi) is 4.53. The molecule has 24 heavy (non-hydrogen) atoms. The van der Waals surface area contributed by atoms with Crippen LogP contribution in [0, 0.1) is 20.8 Å². The molecule has 0 spiro atoms. The summed E-state index contributed by atoms with van der Waals surface area (Å²) in [7, 11) is 0. The highest BCUT2D eigenvalue weighted by Crippen LogP contribution is 2.29. The molecule has 3 rings (SSSR count). The average molecular weight is 340 g/mol. The zero-order chi connectivity index (χ0) is 17.3. The minimum atomic E-state index is -0.0732. The van der Waals surface area contributed by atoms with Crippen LogP contribution >= 0.6 is 11.3 Å². The standard InChI is InChI=1S/C19H20N2O2S/c1-11-5-6-16-18(9-11)24-19(21-16)10-23-17-8-7-15(20-14(4)22)12(2)13(17)3/h5-9H,10H2,1-4H3,(H,20,22). The molecule has 0 saturated heterocycles. The molecule has 0 atom stereocenters. The maximum Gasteiger partial charge on any atom is 0.221 e. The summed E-state index contributed by atoms with van der Waals surface area (Å²) < 4.78 is 7.14. The van der Waals surface area contributed by atoms with Crippen molar-refractivity contribution in [3.8, 4) is 5.75 Å². The van der Waals surface area contributed by atoms with E-state index in [4.69, 9.17) is 4.74 Å². The van der Waals surface area contributed by atoms with E-state index in [1.165, 1.54) is 17.2 Å². The number of aromatic nitrogens is 1. The topological polar surface area (TPSA) is 51.2 Å². The van der Waals surface area contributed by atoms with Crippen molar-refractivity contribution < 1.29 is 9.53 Å². The lowest BCUT2D eigenvalue weighted by molar-refractivity contribution is -0.114. The number of nitrogens with one attached hydrogen (secondary N) is 1. The van der Waals surface area contributed by atoms with Gasteiger partial charge in [0.1, 0.15) is 17.4 Å². The number of amides is 1. The van der Waals surface area contributed by atoms with Crippen LogP contribution in [0.2, 0.25) is 0 Å². The van der Waals surface area contributed by atoms with Crippen molar-refractivity contribution >= 4 is 33.1 Å². The van der Waals surface area contributed by atoms with E-state index in [2.05, 4.69) is 29.4 Å². The molecule has 1 N–H and O–H groups in total. The third-order valence-corrected chi connectivity index (χ3v) is 4.98. The van der Waals surface area contributed by atoms with Crippen LogP contribution < -0.4 is 10.1 Å². The first-order valence-corrected chi connectivity index (χ1v) is 8.62. The van der Waals surface area contributed by atoms with Crippen molar-refractivity contribution in [2.24, 2.45) is 0 Å². The third-order valence-electron chi connectivity index (χ3n) is 3.99. The summed E-state index contributed by atoms with van der Waals surface area (Å²) in [5, 5.41) is 3.79. The number of ether oxygens (including phenoxy) is 1. The van der Waals surface area contributed by atoms with Gasteiger partial charge in [0, 0.05) is 12.6 Å². The average Bonchev–Trinajstić information content (AvgIpc) is 2.92. The van der Waals surface area contributed by atoms with Crippen molar-refractivity contribution in [3.63, 3.8) is 0 Å². The number of hydrogen-bond acceptors (Lipinski definition) is 4. The molecular weight excluding hydrogens is 320 g/mol. The largest absolute Gasteiger partial charge is 0.486 e. The van der Waals surface area contributed by atoms with Gasteiger partial charge in [0.05, 0.1) is 10.2 Å². The third kappa shape index (κ3) is 3.41. The van der Waals surface area contributed by atoms with Crippen molar-refractivity contribution in [2.75, 3.05) is 5.32 Å². The van der Waals surface area contributed by atoms with Gasteiger partial charge in [-0.3, -0.25) is 4.79 Å². The Morgan fingerprint density at radius 3 is 2.71 bits per heavy atom. The van der Waals surface area contributed by atoms with Crippen molar-refractivity contribution in [1.82, 2.24) is 4.98 Å². The summed E-state index contributed by atoms with van der Waals surface area (Å²) in [4.78, 5) is 15.8. The van der Waals surface area contributed by atoms with Crippen LogP contribution in [-0.4, -0.2) is 10.9 Å². The molecule has 0 saturated carbocycles. The molecule has 0 bridgehead atoms. The fourth-order valence-electron chi connectivity index (χ4n) is 2.56. The van der Waals surface area contributed by atoms with E-state index < -0.39 is 0 Å². The van der Waals surface area contributed by atoms with E-state index in [0.29, 0.717) is 6.61 Å². The van der Waals surface area contributed by atoms with Gasteiger partial charge in [-0.2, -0.15) is 0 Å². The lowest BCUT2D eigenvalue weighted by Crippen LogP contribution is -2.08. The highest BCUT2D eigenvalue weighted by molar-refractivity contribution is 7.18. The molecule has 1 amide bonds. The van der Waals surface area contributed by atoms with Crippen molar-refractivity contribution in [2.45, 2.75) is 34.3 Å². The fraction of sp³-hybridized carbons (Fsp3) is 0.263. The quantitative estimate of drug-likeness (QED) is 0.745. The summed E-state index contributed by atoms with van der Waals surface area (Å²) in [6.45, 7) is 8.01. The Morgan fingerprint density at radius 1 is 1.17 bits per heavy atom. The van der Waals surface area contributed by atoms with E-state index in [0.717, 1.165) is 33.1 Å². The van der Waals surface area contributed by atoms with Gasteiger partial charge in [-0.05, 0) is 61.7 Å². The zero-order valence-corrected chi connectivity index (χ0v) is 15.1. The van der Waals surface area contributed by atoms with E-state index >= 15 is 0 Å². The van der Waals surface area contributed by atoms with Gasteiger partial charge in [-0.15, -0.1) is 11.3 Å². The normalized spacial score (nSPS) is 10.8.